The molecule has 0 spiro atoms. The third-order valence-corrected chi connectivity index (χ3v) is 3.07. The van der Waals surface area contributed by atoms with Gasteiger partial charge in [0.25, 0.3) is 5.91 Å². The van der Waals surface area contributed by atoms with Crippen LogP contribution in [0.25, 0.3) is 0 Å². The first-order chi connectivity index (χ1) is 8.74. The fourth-order valence-electron chi connectivity index (χ4n) is 2.01. The van der Waals surface area contributed by atoms with Gasteiger partial charge >= 0.3 is 0 Å². The van der Waals surface area contributed by atoms with E-state index in [2.05, 4.69) is 12.7 Å². The summed E-state index contributed by atoms with van der Waals surface area (Å²) in [5.74, 6) is 0.821. The summed E-state index contributed by atoms with van der Waals surface area (Å²) in [5, 5.41) is 0. The average Bonchev–Trinajstić information content (AvgIpc) is 2.46. The molecule has 1 aliphatic rings. The summed E-state index contributed by atoms with van der Waals surface area (Å²) in [5.41, 5.74) is 1.81. The van der Waals surface area contributed by atoms with E-state index in [0.717, 1.165) is 24.3 Å². The minimum absolute atomic E-state index is 0.0603. The highest BCUT2D eigenvalue weighted by Gasteiger charge is 2.18. The molecule has 0 saturated carbocycles. The van der Waals surface area contributed by atoms with Crippen molar-refractivity contribution < 1.29 is 9.53 Å². The maximum absolute atomic E-state index is 12.3. The van der Waals surface area contributed by atoms with Crippen LogP contribution in [-0.2, 0) is 0 Å². The van der Waals surface area contributed by atoms with Gasteiger partial charge in [-0.2, -0.15) is 0 Å². The van der Waals surface area contributed by atoms with Crippen LogP contribution >= 0.6 is 0 Å². The molecule has 3 heteroatoms. The van der Waals surface area contributed by atoms with Crippen LogP contribution in [-0.4, -0.2) is 31.0 Å². The van der Waals surface area contributed by atoms with Crippen LogP contribution in [0, 0.1) is 0 Å². The summed E-state index contributed by atoms with van der Waals surface area (Å²) in [7, 11) is 1.61. The second-order valence-electron chi connectivity index (χ2n) is 4.23. The molecule has 3 nitrogen and oxygen atoms in total. The van der Waals surface area contributed by atoms with Gasteiger partial charge in [0.1, 0.15) is 5.75 Å². The molecule has 0 N–H and O–H groups in total. The number of methoxy groups -OCH3 is 1. The van der Waals surface area contributed by atoms with Crippen molar-refractivity contribution in [3.8, 4) is 5.75 Å². The van der Waals surface area contributed by atoms with Crippen LogP contribution in [0.5, 0.6) is 5.75 Å². The average molecular weight is 243 g/mol. The first-order valence-electron chi connectivity index (χ1n) is 5.99. The van der Waals surface area contributed by atoms with E-state index >= 15 is 0 Å². The Kier molecular flexibility index (Phi) is 3.82. The molecule has 2 rings (SSSR count). The van der Waals surface area contributed by atoms with Gasteiger partial charge in [-0.15, -0.1) is 0 Å². The quantitative estimate of drug-likeness (QED) is 0.816. The number of nitrogens with zero attached hydrogens (tertiary/aromatic N) is 1. The predicted octanol–water partition coefficient (Wildman–Crippen LogP) is 2.65. The second-order valence-corrected chi connectivity index (χ2v) is 4.23. The number of ether oxygens (including phenoxy) is 1. The molecule has 0 saturated heterocycles. The summed E-state index contributed by atoms with van der Waals surface area (Å²) in [6, 6.07) is 7.21. The van der Waals surface area contributed by atoms with Gasteiger partial charge in [0, 0.05) is 18.7 Å². The van der Waals surface area contributed by atoms with Gasteiger partial charge in [0.15, 0.2) is 0 Å². The Labute approximate surface area is 107 Å². The summed E-state index contributed by atoms with van der Waals surface area (Å²) < 4.78 is 5.08. The van der Waals surface area contributed by atoms with Crippen LogP contribution in [0.2, 0.25) is 0 Å². The van der Waals surface area contributed by atoms with E-state index in [-0.39, 0.29) is 5.91 Å². The molecule has 1 aliphatic heterocycles. The molecule has 0 unspecified atom stereocenters. The number of rotatable bonds is 3. The van der Waals surface area contributed by atoms with E-state index in [1.165, 1.54) is 0 Å². The molecule has 0 fully saturated rings. The lowest BCUT2D eigenvalue weighted by Crippen LogP contribution is -2.35. The van der Waals surface area contributed by atoms with Crippen LogP contribution in [0.4, 0.5) is 0 Å². The summed E-state index contributed by atoms with van der Waals surface area (Å²) in [4.78, 5) is 14.1. The maximum atomic E-state index is 12.3. The lowest BCUT2D eigenvalue weighted by atomic mass is 10.1. The van der Waals surface area contributed by atoms with Crippen molar-refractivity contribution in [2.45, 2.75) is 6.42 Å². The van der Waals surface area contributed by atoms with E-state index in [1.54, 1.807) is 31.4 Å². The van der Waals surface area contributed by atoms with E-state index < -0.39 is 0 Å². The van der Waals surface area contributed by atoms with Gasteiger partial charge in [-0.1, -0.05) is 18.7 Å². The Bertz CT molecular complexity index is 474. The zero-order valence-electron chi connectivity index (χ0n) is 10.6. The Hall–Kier alpha value is -2.03. The third kappa shape index (κ3) is 2.62. The molecule has 1 amide bonds. The number of hydrogen-bond acceptors (Lipinski definition) is 2. The molecule has 94 valence electrons. The zero-order chi connectivity index (χ0) is 13.0. The summed E-state index contributed by atoms with van der Waals surface area (Å²) in [6.45, 7) is 5.16. The highest BCUT2D eigenvalue weighted by atomic mass is 16.5. The molecule has 0 aromatic heterocycles. The molecule has 1 heterocycles. The van der Waals surface area contributed by atoms with E-state index in [4.69, 9.17) is 4.74 Å². The highest BCUT2D eigenvalue weighted by molar-refractivity contribution is 5.94. The standard InChI is InChI=1S/C15H17NO2/c1-3-12-5-4-10-16(11-12)15(17)13-6-8-14(18-2)9-7-13/h3,5-9H,1,4,10-11H2,2H3. The van der Waals surface area contributed by atoms with Gasteiger partial charge in [-0.05, 0) is 36.3 Å². The smallest absolute Gasteiger partial charge is 0.254 e. The number of hydrogen-bond donors (Lipinski definition) is 0. The van der Waals surface area contributed by atoms with Gasteiger partial charge < -0.3 is 9.64 Å². The number of benzene rings is 1. The fourth-order valence-corrected chi connectivity index (χ4v) is 2.01. The van der Waals surface area contributed by atoms with E-state index in [1.807, 2.05) is 11.0 Å². The monoisotopic (exact) mass is 243 g/mol. The highest BCUT2D eigenvalue weighted by Crippen LogP contribution is 2.16. The van der Waals surface area contributed by atoms with Crippen LogP contribution in [0.3, 0.4) is 0 Å². The van der Waals surface area contributed by atoms with Gasteiger partial charge in [0.05, 0.1) is 7.11 Å². The van der Waals surface area contributed by atoms with Crippen molar-refractivity contribution in [3.63, 3.8) is 0 Å². The largest absolute Gasteiger partial charge is 0.497 e. The predicted molar refractivity (Wildman–Crippen MR) is 71.8 cm³/mol. The summed E-state index contributed by atoms with van der Waals surface area (Å²) >= 11 is 0. The second kappa shape index (κ2) is 5.54. The Morgan fingerprint density at radius 2 is 2.11 bits per heavy atom. The van der Waals surface area contributed by atoms with Crippen LogP contribution in [0.15, 0.2) is 48.6 Å². The van der Waals surface area contributed by atoms with Crippen molar-refractivity contribution in [1.82, 2.24) is 4.90 Å². The molecule has 18 heavy (non-hydrogen) atoms. The SMILES string of the molecule is C=CC1=CCCN(C(=O)c2ccc(OC)cc2)C1. The topological polar surface area (TPSA) is 29.5 Å². The summed E-state index contributed by atoms with van der Waals surface area (Å²) in [6.07, 6.45) is 4.83. The molecular weight excluding hydrogens is 226 g/mol. The first kappa shape index (κ1) is 12.4. The number of carbonyl (C=O) groups excluding carboxylic acids is 1. The van der Waals surface area contributed by atoms with Gasteiger partial charge in [0.2, 0.25) is 0 Å². The van der Waals surface area contributed by atoms with E-state index in [0.29, 0.717) is 12.1 Å². The van der Waals surface area contributed by atoms with Crippen molar-refractivity contribution in [2.75, 3.05) is 20.2 Å². The third-order valence-electron chi connectivity index (χ3n) is 3.07. The normalized spacial score (nSPS) is 14.9. The van der Waals surface area contributed by atoms with Crippen molar-refractivity contribution in [3.05, 3.63) is 54.1 Å². The Morgan fingerprint density at radius 1 is 1.39 bits per heavy atom. The van der Waals surface area contributed by atoms with Crippen LogP contribution < -0.4 is 4.74 Å². The lowest BCUT2D eigenvalue weighted by molar-refractivity contribution is 0.0767. The molecule has 0 atom stereocenters. The molecule has 0 radical (unpaired) electrons. The number of amides is 1. The molecular formula is C15H17NO2. The van der Waals surface area contributed by atoms with Crippen molar-refractivity contribution in [1.29, 1.82) is 0 Å². The first-order valence-corrected chi connectivity index (χ1v) is 5.99. The lowest BCUT2D eigenvalue weighted by Gasteiger charge is -2.26. The molecule has 0 bridgehead atoms. The Morgan fingerprint density at radius 3 is 2.72 bits per heavy atom. The maximum Gasteiger partial charge on any atom is 0.254 e. The zero-order valence-corrected chi connectivity index (χ0v) is 10.6. The van der Waals surface area contributed by atoms with Gasteiger partial charge in [-0.3, -0.25) is 4.79 Å². The molecule has 1 aromatic carbocycles. The minimum atomic E-state index is 0.0603. The Balaban J connectivity index is 2.11. The van der Waals surface area contributed by atoms with E-state index in [9.17, 15) is 4.79 Å². The fraction of sp³-hybridized carbons (Fsp3) is 0.267. The number of carbonyl (C=O) groups is 1. The van der Waals surface area contributed by atoms with Gasteiger partial charge in [-0.25, -0.2) is 0 Å². The van der Waals surface area contributed by atoms with Crippen LogP contribution in [0.1, 0.15) is 16.8 Å². The molecule has 1 aromatic rings. The van der Waals surface area contributed by atoms with Crippen molar-refractivity contribution in [2.24, 2.45) is 0 Å². The molecule has 0 aliphatic carbocycles. The minimum Gasteiger partial charge on any atom is -0.497 e. The van der Waals surface area contributed by atoms with Crippen molar-refractivity contribution >= 4 is 5.91 Å².